The van der Waals surface area contributed by atoms with E-state index >= 15 is 0 Å². The SMILES string of the molecule is CN(CCCC(=O)NCc1ccc(F)cc1)S(=O)(=O)c1cccs1. The third-order valence-corrected chi connectivity index (χ3v) is 6.67. The van der Waals surface area contributed by atoms with Crippen LogP contribution in [-0.4, -0.2) is 32.2 Å². The van der Waals surface area contributed by atoms with Crippen LogP contribution in [0.4, 0.5) is 4.39 Å². The molecule has 2 rings (SSSR count). The smallest absolute Gasteiger partial charge is 0.252 e. The van der Waals surface area contributed by atoms with Gasteiger partial charge in [0.05, 0.1) is 0 Å². The molecule has 1 aromatic heterocycles. The maximum Gasteiger partial charge on any atom is 0.252 e. The summed E-state index contributed by atoms with van der Waals surface area (Å²) in [5.41, 5.74) is 0.808. The van der Waals surface area contributed by atoms with Crippen LogP contribution in [0, 0.1) is 5.82 Å². The van der Waals surface area contributed by atoms with E-state index in [-0.39, 0.29) is 24.7 Å². The molecule has 24 heavy (non-hydrogen) atoms. The van der Waals surface area contributed by atoms with Gasteiger partial charge in [-0.15, -0.1) is 11.3 Å². The quantitative estimate of drug-likeness (QED) is 0.777. The minimum Gasteiger partial charge on any atom is -0.352 e. The molecule has 0 bridgehead atoms. The normalized spacial score (nSPS) is 11.6. The van der Waals surface area contributed by atoms with E-state index in [1.807, 2.05) is 0 Å². The molecule has 0 aliphatic rings. The van der Waals surface area contributed by atoms with Gasteiger partial charge in [0.15, 0.2) is 0 Å². The summed E-state index contributed by atoms with van der Waals surface area (Å²) in [7, 11) is -1.96. The Morgan fingerprint density at radius 2 is 1.96 bits per heavy atom. The number of carbonyl (C=O) groups excluding carboxylic acids is 1. The van der Waals surface area contributed by atoms with Crippen molar-refractivity contribution in [3.63, 3.8) is 0 Å². The van der Waals surface area contributed by atoms with Crippen molar-refractivity contribution in [2.75, 3.05) is 13.6 Å². The predicted octanol–water partition coefficient (Wildman–Crippen LogP) is 2.60. The number of benzene rings is 1. The summed E-state index contributed by atoms with van der Waals surface area (Å²) in [6.45, 7) is 0.590. The van der Waals surface area contributed by atoms with Crippen LogP contribution in [-0.2, 0) is 21.4 Å². The van der Waals surface area contributed by atoms with Gasteiger partial charge in [-0.25, -0.2) is 17.1 Å². The molecule has 0 unspecified atom stereocenters. The van der Waals surface area contributed by atoms with Crippen molar-refractivity contribution in [1.82, 2.24) is 9.62 Å². The van der Waals surface area contributed by atoms with Crippen LogP contribution >= 0.6 is 11.3 Å². The molecule has 0 fully saturated rings. The minimum absolute atomic E-state index is 0.166. The maximum absolute atomic E-state index is 12.8. The van der Waals surface area contributed by atoms with Crippen molar-refractivity contribution >= 4 is 27.3 Å². The topological polar surface area (TPSA) is 66.5 Å². The number of hydrogen-bond acceptors (Lipinski definition) is 4. The fourth-order valence-corrected chi connectivity index (χ4v) is 4.45. The summed E-state index contributed by atoms with van der Waals surface area (Å²) >= 11 is 1.17. The van der Waals surface area contributed by atoms with Crippen molar-refractivity contribution in [2.45, 2.75) is 23.6 Å². The summed E-state index contributed by atoms with van der Waals surface area (Å²) in [6.07, 6.45) is 0.655. The third kappa shape index (κ3) is 5.12. The average molecular weight is 370 g/mol. The zero-order valence-electron chi connectivity index (χ0n) is 13.2. The van der Waals surface area contributed by atoms with Crippen molar-refractivity contribution in [3.05, 3.63) is 53.2 Å². The van der Waals surface area contributed by atoms with Gasteiger partial charge in [0, 0.05) is 26.6 Å². The van der Waals surface area contributed by atoms with E-state index in [2.05, 4.69) is 5.32 Å². The van der Waals surface area contributed by atoms with E-state index < -0.39 is 10.0 Å². The fourth-order valence-electron chi connectivity index (χ4n) is 2.04. The Balaban J connectivity index is 1.73. The highest BCUT2D eigenvalue weighted by Crippen LogP contribution is 2.19. The lowest BCUT2D eigenvalue weighted by Crippen LogP contribution is -2.29. The van der Waals surface area contributed by atoms with E-state index in [9.17, 15) is 17.6 Å². The predicted molar refractivity (Wildman–Crippen MR) is 91.6 cm³/mol. The first-order valence-corrected chi connectivity index (χ1v) is 9.72. The molecule has 0 atom stereocenters. The van der Waals surface area contributed by atoms with Gasteiger partial charge < -0.3 is 5.32 Å². The summed E-state index contributed by atoms with van der Waals surface area (Å²) in [5, 5.41) is 4.44. The molecule has 0 spiro atoms. The molecule has 5 nitrogen and oxygen atoms in total. The van der Waals surface area contributed by atoms with Gasteiger partial charge >= 0.3 is 0 Å². The molecule has 0 aliphatic carbocycles. The summed E-state index contributed by atoms with van der Waals surface area (Å²) in [5.74, 6) is -0.485. The van der Waals surface area contributed by atoms with Gasteiger partial charge in [0.2, 0.25) is 5.91 Å². The van der Waals surface area contributed by atoms with Gasteiger partial charge in [-0.3, -0.25) is 4.79 Å². The second-order valence-corrected chi connectivity index (χ2v) is 8.48. The van der Waals surface area contributed by atoms with Crippen LogP contribution in [0.3, 0.4) is 0 Å². The number of halogens is 1. The Morgan fingerprint density at radius 1 is 1.25 bits per heavy atom. The van der Waals surface area contributed by atoms with Crippen LogP contribution in [0.2, 0.25) is 0 Å². The monoisotopic (exact) mass is 370 g/mol. The summed E-state index contributed by atoms with van der Waals surface area (Å²) < 4.78 is 38.8. The molecule has 2 aromatic rings. The highest BCUT2D eigenvalue weighted by Gasteiger charge is 2.21. The molecule has 0 saturated heterocycles. The molecular weight excluding hydrogens is 351 g/mol. The molecule has 1 N–H and O–H groups in total. The van der Waals surface area contributed by atoms with Crippen molar-refractivity contribution in [3.8, 4) is 0 Å². The number of sulfonamides is 1. The second-order valence-electron chi connectivity index (χ2n) is 5.27. The Bertz CT molecular complexity index is 759. The lowest BCUT2D eigenvalue weighted by molar-refractivity contribution is -0.121. The zero-order chi connectivity index (χ0) is 17.6. The first-order valence-electron chi connectivity index (χ1n) is 7.40. The van der Waals surface area contributed by atoms with Crippen LogP contribution in [0.1, 0.15) is 18.4 Å². The van der Waals surface area contributed by atoms with Crippen molar-refractivity contribution < 1.29 is 17.6 Å². The molecule has 130 valence electrons. The Hall–Kier alpha value is -1.77. The average Bonchev–Trinajstić information content (AvgIpc) is 3.09. The second kappa shape index (κ2) is 8.36. The lowest BCUT2D eigenvalue weighted by atomic mass is 10.2. The number of nitrogens with zero attached hydrogens (tertiary/aromatic N) is 1. The van der Waals surface area contributed by atoms with Gasteiger partial charge in [0.25, 0.3) is 10.0 Å². The Labute approximate surface area is 145 Å². The first-order chi connectivity index (χ1) is 11.4. The molecular formula is C16H19FN2O3S2. The highest BCUT2D eigenvalue weighted by atomic mass is 32.2. The van der Waals surface area contributed by atoms with E-state index in [0.717, 1.165) is 5.56 Å². The molecule has 0 aliphatic heterocycles. The summed E-state index contributed by atoms with van der Waals surface area (Å²) in [4.78, 5) is 11.8. The number of nitrogens with one attached hydrogen (secondary N) is 1. The minimum atomic E-state index is -3.47. The van der Waals surface area contributed by atoms with Crippen LogP contribution < -0.4 is 5.32 Å². The molecule has 0 saturated carbocycles. The molecule has 1 aromatic carbocycles. The molecule has 8 heteroatoms. The summed E-state index contributed by atoms with van der Waals surface area (Å²) in [6, 6.07) is 9.14. The van der Waals surface area contributed by atoms with E-state index in [1.54, 1.807) is 29.6 Å². The van der Waals surface area contributed by atoms with Crippen LogP contribution in [0.5, 0.6) is 0 Å². The number of amides is 1. The largest absolute Gasteiger partial charge is 0.352 e. The van der Waals surface area contributed by atoms with Gasteiger partial charge in [0.1, 0.15) is 10.0 Å². The van der Waals surface area contributed by atoms with Crippen molar-refractivity contribution in [1.29, 1.82) is 0 Å². The van der Waals surface area contributed by atoms with Gasteiger partial charge in [-0.05, 0) is 35.6 Å². The standard InChI is InChI=1S/C16H19FN2O3S2/c1-19(24(21,22)16-5-3-11-23-16)10-2-4-15(20)18-12-13-6-8-14(17)9-7-13/h3,5-9,11H,2,4,10,12H2,1H3,(H,18,20). The number of rotatable bonds is 8. The Kier molecular flexibility index (Phi) is 6.47. The number of thiophene rings is 1. The van der Waals surface area contributed by atoms with E-state index in [1.165, 1.54) is 34.8 Å². The maximum atomic E-state index is 12.8. The van der Waals surface area contributed by atoms with Gasteiger partial charge in [-0.2, -0.15) is 0 Å². The van der Waals surface area contributed by atoms with Gasteiger partial charge in [-0.1, -0.05) is 18.2 Å². The zero-order valence-corrected chi connectivity index (χ0v) is 14.9. The number of carbonyl (C=O) groups is 1. The lowest BCUT2D eigenvalue weighted by Gasteiger charge is -2.15. The molecule has 1 heterocycles. The van der Waals surface area contributed by atoms with Crippen LogP contribution in [0.25, 0.3) is 0 Å². The Morgan fingerprint density at radius 3 is 2.58 bits per heavy atom. The highest BCUT2D eigenvalue weighted by molar-refractivity contribution is 7.91. The fraction of sp³-hybridized carbons (Fsp3) is 0.312. The first kappa shape index (κ1) is 18.6. The molecule has 0 radical (unpaired) electrons. The van der Waals surface area contributed by atoms with Crippen molar-refractivity contribution in [2.24, 2.45) is 0 Å². The van der Waals surface area contributed by atoms with Crippen LogP contribution in [0.15, 0.2) is 46.0 Å². The number of hydrogen-bond donors (Lipinski definition) is 1. The van der Waals surface area contributed by atoms with E-state index in [0.29, 0.717) is 17.2 Å². The third-order valence-electron chi connectivity index (χ3n) is 3.44. The molecule has 1 amide bonds. The van der Waals surface area contributed by atoms with E-state index in [4.69, 9.17) is 0 Å².